The van der Waals surface area contributed by atoms with Crippen molar-refractivity contribution in [3.63, 3.8) is 0 Å². The highest BCUT2D eigenvalue weighted by molar-refractivity contribution is 6.02. The number of aryl methyl sites for hydroxylation is 2. The van der Waals surface area contributed by atoms with E-state index in [-0.39, 0.29) is 18.9 Å². The maximum absolute atomic E-state index is 13.2. The third-order valence-electron chi connectivity index (χ3n) is 4.49. The third kappa shape index (κ3) is 4.00. The number of nitrogens with zero attached hydrogens (tertiary/aromatic N) is 2. The van der Waals surface area contributed by atoms with Gasteiger partial charge in [-0.3, -0.25) is 9.59 Å². The number of carboxylic acid groups (broad SMARTS) is 1. The molecule has 0 saturated heterocycles. The fourth-order valence-corrected chi connectivity index (χ4v) is 3.33. The van der Waals surface area contributed by atoms with Crippen LogP contribution in [0.4, 0.5) is 0 Å². The van der Waals surface area contributed by atoms with Crippen LogP contribution in [0.3, 0.4) is 0 Å². The molecule has 6 nitrogen and oxygen atoms in total. The third-order valence-corrected chi connectivity index (χ3v) is 4.49. The Labute approximate surface area is 154 Å². The second-order valence-corrected chi connectivity index (χ2v) is 6.27. The lowest BCUT2D eigenvalue weighted by Crippen LogP contribution is -2.35. The lowest BCUT2D eigenvalue weighted by Gasteiger charge is -2.22. The molecule has 0 saturated carbocycles. The molecule has 0 bridgehead atoms. The first-order valence-corrected chi connectivity index (χ1v) is 9.21. The Bertz CT molecular complexity index is 795. The van der Waals surface area contributed by atoms with E-state index in [4.69, 9.17) is 9.84 Å². The predicted molar refractivity (Wildman–Crippen MR) is 102 cm³/mol. The minimum Gasteiger partial charge on any atom is -0.494 e. The predicted octanol–water partition coefficient (Wildman–Crippen LogP) is 3.70. The molecule has 0 aliphatic rings. The van der Waals surface area contributed by atoms with Crippen LogP contribution in [0, 0.1) is 6.92 Å². The smallest absolute Gasteiger partial charge is 0.305 e. The van der Waals surface area contributed by atoms with Gasteiger partial charge in [-0.2, -0.15) is 0 Å². The summed E-state index contributed by atoms with van der Waals surface area (Å²) in [6.07, 6.45) is 0.733. The van der Waals surface area contributed by atoms with Gasteiger partial charge < -0.3 is 19.3 Å². The van der Waals surface area contributed by atoms with Gasteiger partial charge in [0.2, 0.25) is 0 Å². The highest BCUT2D eigenvalue weighted by Gasteiger charge is 2.24. The molecule has 1 aromatic carbocycles. The molecule has 1 amide bonds. The zero-order chi connectivity index (χ0) is 19.3. The summed E-state index contributed by atoms with van der Waals surface area (Å²) in [6, 6.07) is 5.87. The molecule has 0 radical (unpaired) electrons. The molecule has 2 aromatic rings. The molecule has 2 rings (SSSR count). The maximum Gasteiger partial charge on any atom is 0.305 e. The number of aliphatic carboxylic acids is 1. The number of carbonyl (C=O) groups is 2. The number of benzene rings is 1. The Morgan fingerprint density at radius 2 is 1.92 bits per heavy atom. The Balaban J connectivity index is 2.50. The van der Waals surface area contributed by atoms with E-state index in [1.807, 2.05) is 50.5 Å². The summed E-state index contributed by atoms with van der Waals surface area (Å²) in [5.41, 5.74) is 2.53. The van der Waals surface area contributed by atoms with E-state index in [1.54, 1.807) is 4.90 Å². The van der Waals surface area contributed by atoms with Crippen LogP contribution >= 0.6 is 0 Å². The summed E-state index contributed by atoms with van der Waals surface area (Å²) >= 11 is 0. The molecular weight excluding hydrogens is 332 g/mol. The number of rotatable bonds is 9. The molecule has 142 valence electrons. The van der Waals surface area contributed by atoms with Crippen molar-refractivity contribution < 1.29 is 19.4 Å². The molecular formula is C20H28N2O4. The van der Waals surface area contributed by atoms with Crippen molar-refractivity contribution >= 4 is 22.8 Å². The molecule has 0 unspecified atom stereocenters. The van der Waals surface area contributed by atoms with Gasteiger partial charge in [0, 0.05) is 30.5 Å². The number of ether oxygens (including phenoxy) is 1. The normalized spacial score (nSPS) is 10.9. The zero-order valence-corrected chi connectivity index (χ0v) is 16.0. The minimum atomic E-state index is -0.895. The average Bonchev–Trinajstić information content (AvgIpc) is 2.90. The quantitative estimate of drug-likeness (QED) is 0.740. The number of carbonyl (C=O) groups excluding carboxylic acids is 1. The van der Waals surface area contributed by atoms with E-state index in [9.17, 15) is 9.59 Å². The van der Waals surface area contributed by atoms with Crippen LogP contribution in [-0.4, -0.2) is 46.1 Å². The van der Waals surface area contributed by atoms with Crippen LogP contribution < -0.4 is 4.74 Å². The van der Waals surface area contributed by atoms with Crippen LogP contribution in [0.2, 0.25) is 0 Å². The first kappa shape index (κ1) is 19.8. The standard InChI is InChI=1S/C20H28N2O4/c1-5-11-21(12-10-18(23)24)20(25)19-14(4)16-13-15(26-7-3)8-9-17(16)22(19)6-2/h8-9,13H,5-7,10-12H2,1-4H3,(H,23,24). The van der Waals surface area contributed by atoms with Crippen LogP contribution in [0.25, 0.3) is 10.9 Å². The van der Waals surface area contributed by atoms with Crippen molar-refractivity contribution in [3.8, 4) is 5.75 Å². The fourth-order valence-electron chi connectivity index (χ4n) is 3.33. The molecule has 0 aliphatic heterocycles. The van der Waals surface area contributed by atoms with Gasteiger partial charge in [0.25, 0.3) is 5.91 Å². The van der Waals surface area contributed by atoms with Gasteiger partial charge in [-0.25, -0.2) is 0 Å². The molecule has 0 atom stereocenters. The largest absolute Gasteiger partial charge is 0.494 e. The summed E-state index contributed by atoms with van der Waals surface area (Å²) in [5, 5.41) is 9.97. The van der Waals surface area contributed by atoms with Crippen LogP contribution in [0.15, 0.2) is 18.2 Å². The van der Waals surface area contributed by atoms with E-state index in [2.05, 4.69) is 0 Å². The Hall–Kier alpha value is -2.50. The van der Waals surface area contributed by atoms with Gasteiger partial charge in [0.1, 0.15) is 11.4 Å². The van der Waals surface area contributed by atoms with Gasteiger partial charge in [-0.1, -0.05) is 6.92 Å². The van der Waals surface area contributed by atoms with E-state index in [0.717, 1.165) is 28.6 Å². The number of carboxylic acids is 1. The number of amides is 1. The summed E-state index contributed by atoms with van der Waals surface area (Å²) in [6.45, 7) is 9.89. The highest BCUT2D eigenvalue weighted by atomic mass is 16.5. The van der Waals surface area contributed by atoms with E-state index in [0.29, 0.717) is 25.4 Å². The van der Waals surface area contributed by atoms with Gasteiger partial charge in [-0.15, -0.1) is 0 Å². The zero-order valence-electron chi connectivity index (χ0n) is 16.0. The van der Waals surface area contributed by atoms with Crippen molar-refractivity contribution in [2.75, 3.05) is 19.7 Å². The Morgan fingerprint density at radius 1 is 1.19 bits per heavy atom. The summed E-state index contributed by atoms with van der Waals surface area (Å²) in [5.74, 6) is -0.221. The summed E-state index contributed by atoms with van der Waals surface area (Å²) in [7, 11) is 0. The average molecular weight is 360 g/mol. The van der Waals surface area contributed by atoms with Crippen LogP contribution in [-0.2, 0) is 11.3 Å². The first-order chi connectivity index (χ1) is 12.4. The molecule has 1 aromatic heterocycles. The van der Waals surface area contributed by atoms with Gasteiger partial charge >= 0.3 is 5.97 Å². The minimum absolute atomic E-state index is 0.0500. The maximum atomic E-state index is 13.2. The molecule has 26 heavy (non-hydrogen) atoms. The monoisotopic (exact) mass is 360 g/mol. The van der Waals surface area contributed by atoms with Crippen molar-refractivity contribution in [1.82, 2.24) is 9.47 Å². The first-order valence-electron chi connectivity index (χ1n) is 9.21. The molecule has 0 spiro atoms. The number of aromatic nitrogens is 1. The Kier molecular flexibility index (Phi) is 6.66. The fraction of sp³-hybridized carbons (Fsp3) is 0.500. The van der Waals surface area contributed by atoms with E-state index >= 15 is 0 Å². The second-order valence-electron chi connectivity index (χ2n) is 6.27. The van der Waals surface area contributed by atoms with E-state index in [1.165, 1.54) is 0 Å². The van der Waals surface area contributed by atoms with Gasteiger partial charge in [-0.05, 0) is 51.0 Å². The van der Waals surface area contributed by atoms with Crippen molar-refractivity contribution in [2.45, 2.75) is 47.1 Å². The molecule has 0 fully saturated rings. The summed E-state index contributed by atoms with van der Waals surface area (Å²) in [4.78, 5) is 25.8. The lowest BCUT2D eigenvalue weighted by atomic mass is 10.1. The lowest BCUT2D eigenvalue weighted by molar-refractivity contribution is -0.137. The number of hydrogen-bond donors (Lipinski definition) is 1. The van der Waals surface area contributed by atoms with Crippen LogP contribution in [0.5, 0.6) is 5.75 Å². The van der Waals surface area contributed by atoms with Gasteiger partial charge in [0.15, 0.2) is 0 Å². The number of hydrogen-bond acceptors (Lipinski definition) is 3. The summed E-state index contributed by atoms with van der Waals surface area (Å²) < 4.78 is 7.60. The Morgan fingerprint density at radius 3 is 2.50 bits per heavy atom. The van der Waals surface area contributed by atoms with Crippen LogP contribution in [0.1, 0.15) is 49.7 Å². The van der Waals surface area contributed by atoms with Crippen molar-refractivity contribution in [1.29, 1.82) is 0 Å². The number of fused-ring (bicyclic) bond motifs is 1. The molecule has 6 heteroatoms. The SMILES string of the molecule is CCCN(CCC(=O)O)C(=O)c1c(C)c2cc(OCC)ccc2n1CC. The van der Waals surface area contributed by atoms with Gasteiger partial charge in [0.05, 0.1) is 13.0 Å². The van der Waals surface area contributed by atoms with E-state index < -0.39 is 5.97 Å². The molecule has 1 N–H and O–H groups in total. The molecule has 1 heterocycles. The molecule has 0 aliphatic carbocycles. The van der Waals surface area contributed by atoms with Crippen molar-refractivity contribution in [3.05, 3.63) is 29.5 Å². The highest BCUT2D eigenvalue weighted by Crippen LogP contribution is 2.30. The topological polar surface area (TPSA) is 71.8 Å². The van der Waals surface area contributed by atoms with Crippen molar-refractivity contribution in [2.24, 2.45) is 0 Å². The second kappa shape index (κ2) is 8.74.